The molecule has 1 fully saturated rings. The lowest BCUT2D eigenvalue weighted by Gasteiger charge is -2.29. The van der Waals surface area contributed by atoms with Gasteiger partial charge in [0, 0.05) is 56.0 Å². The van der Waals surface area contributed by atoms with Crippen LogP contribution in [0.2, 0.25) is 10.0 Å². The highest BCUT2D eigenvalue weighted by Gasteiger charge is 2.17. The monoisotopic (exact) mass is 464 g/mol. The summed E-state index contributed by atoms with van der Waals surface area (Å²) in [5, 5.41) is 4.33. The molecule has 0 bridgehead atoms. The van der Waals surface area contributed by atoms with Crippen LogP contribution in [0.15, 0.2) is 67.1 Å². The summed E-state index contributed by atoms with van der Waals surface area (Å²) < 4.78 is 1.88. The average Bonchev–Trinajstić information content (AvgIpc) is 3.31. The Bertz CT molecular complexity index is 1260. The van der Waals surface area contributed by atoms with E-state index < -0.39 is 0 Å². The van der Waals surface area contributed by atoms with Crippen molar-refractivity contribution in [2.75, 3.05) is 36.8 Å². The lowest BCUT2D eigenvalue weighted by Crippen LogP contribution is -2.43. The van der Waals surface area contributed by atoms with Crippen molar-refractivity contribution < 1.29 is 0 Å². The van der Waals surface area contributed by atoms with Gasteiger partial charge in [-0.1, -0.05) is 41.4 Å². The topological polar surface area (TPSA) is 72.0 Å². The van der Waals surface area contributed by atoms with Gasteiger partial charge in [-0.3, -0.25) is 4.57 Å². The van der Waals surface area contributed by atoms with E-state index in [4.69, 9.17) is 28.9 Å². The third-order valence-corrected chi connectivity index (χ3v) is 6.46. The molecule has 3 N–H and O–H groups in total. The first kappa shape index (κ1) is 20.8. The molecule has 6 nitrogen and oxygen atoms in total. The number of aromatic nitrogens is 3. The maximum absolute atomic E-state index is 6.47. The molecule has 0 spiro atoms. The molecule has 0 radical (unpaired) electrons. The molecule has 5 rings (SSSR count). The average molecular weight is 465 g/mol. The van der Waals surface area contributed by atoms with Gasteiger partial charge >= 0.3 is 0 Å². The Morgan fingerprint density at radius 3 is 2.59 bits per heavy atom. The molecular weight excluding hydrogens is 443 g/mol. The van der Waals surface area contributed by atoms with Gasteiger partial charge in [0.15, 0.2) is 0 Å². The number of nitrogens with zero attached hydrogens (tertiary/aromatic N) is 4. The van der Waals surface area contributed by atoms with Crippen LogP contribution in [0.5, 0.6) is 0 Å². The van der Waals surface area contributed by atoms with Gasteiger partial charge in [0.2, 0.25) is 0 Å². The fourth-order valence-electron chi connectivity index (χ4n) is 3.99. The smallest absolute Gasteiger partial charge is 0.148 e. The van der Waals surface area contributed by atoms with Gasteiger partial charge in [-0.15, -0.1) is 0 Å². The van der Waals surface area contributed by atoms with Crippen molar-refractivity contribution in [2.24, 2.45) is 0 Å². The van der Waals surface area contributed by atoms with Crippen molar-refractivity contribution in [3.8, 4) is 28.2 Å². The summed E-state index contributed by atoms with van der Waals surface area (Å²) in [6.45, 7) is 3.97. The van der Waals surface area contributed by atoms with Gasteiger partial charge in [-0.05, 0) is 35.9 Å². The van der Waals surface area contributed by atoms with Gasteiger partial charge in [0.1, 0.15) is 11.6 Å². The van der Waals surface area contributed by atoms with Crippen LogP contribution in [0.1, 0.15) is 0 Å². The highest BCUT2D eigenvalue weighted by atomic mass is 35.5. The zero-order valence-electron chi connectivity index (χ0n) is 17.3. The summed E-state index contributed by atoms with van der Waals surface area (Å²) in [4.78, 5) is 11.4. The molecule has 3 heterocycles. The summed E-state index contributed by atoms with van der Waals surface area (Å²) in [7, 11) is 0. The van der Waals surface area contributed by atoms with E-state index >= 15 is 0 Å². The quantitative estimate of drug-likeness (QED) is 0.449. The molecule has 0 atom stereocenters. The predicted octanol–water partition coefficient (Wildman–Crippen LogP) is 4.90. The molecule has 162 valence electrons. The number of nitrogens with two attached hydrogens (primary N) is 1. The lowest BCUT2D eigenvalue weighted by molar-refractivity contribution is 0.589. The first-order valence-corrected chi connectivity index (χ1v) is 11.2. The van der Waals surface area contributed by atoms with E-state index in [0.29, 0.717) is 21.7 Å². The SMILES string of the molecule is Nc1ncc(-c2cccc(N3CCNCC3)c2)cc1-c1nccn1-c1cccc(Cl)c1Cl. The second kappa shape index (κ2) is 8.82. The van der Waals surface area contributed by atoms with Crippen LogP contribution in [0.4, 0.5) is 11.5 Å². The molecule has 1 saturated heterocycles. The van der Waals surface area contributed by atoms with E-state index in [0.717, 1.165) is 48.6 Å². The number of halogens is 2. The third kappa shape index (κ3) is 3.93. The molecule has 0 aliphatic carbocycles. The Labute approximate surface area is 196 Å². The molecule has 8 heteroatoms. The highest BCUT2D eigenvalue weighted by molar-refractivity contribution is 6.43. The zero-order valence-corrected chi connectivity index (χ0v) is 18.8. The minimum Gasteiger partial charge on any atom is -0.383 e. The molecule has 4 aromatic rings. The van der Waals surface area contributed by atoms with Gasteiger partial charge < -0.3 is 16.0 Å². The lowest BCUT2D eigenvalue weighted by atomic mass is 10.0. The van der Waals surface area contributed by atoms with Crippen LogP contribution in [-0.4, -0.2) is 40.7 Å². The molecule has 0 unspecified atom stereocenters. The van der Waals surface area contributed by atoms with E-state index in [9.17, 15) is 0 Å². The molecule has 2 aromatic heterocycles. The predicted molar refractivity (Wildman–Crippen MR) is 132 cm³/mol. The van der Waals surface area contributed by atoms with E-state index in [2.05, 4.69) is 44.5 Å². The van der Waals surface area contributed by atoms with Crippen molar-refractivity contribution in [1.82, 2.24) is 19.9 Å². The second-order valence-electron chi connectivity index (χ2n) is 7.64. The number of benzene rings is 2. The van der Waals surface area contributed by atoms with Crippen molar-refractivity contribution >= 4 is 34.7 Å². The number of rotatable bonds is 4. The zero-order chi connectivity index (χ0) is 22.1. The van der Waals surface area contributed by atoms with E-state index in [-0.39, 0.29) is 0 Å². The number of piperazine rings is 1. The number of hydrogen-bond donors (Lipinski definition) is 2. The van der Waals surface area contributed by atoms with Crippen LogP contribution >= 0.6 is 23.2 Å². The Balaban J connectivity index is 1.56. The minimum absolute atomic E-state index is 0.401. The highest BCUT2D eigenvalue weighted by Crippen LogP contribution is 2.34. The molecule has 0 amide bonds. The van der Waals surface area contributed by atoms with Crippen molar-refractivity contribution in [1.29, 1.82) is 0 Å². The van der Waals surface area contributed by atoms with Crippen molar-refractivity contribution in [3.63, 3.8) is 0 Å². The summed E-state index contributed by atoms with van der Waals surface area (Å²) in [5.74, 6) is 1.05. The maximum atomic E-state index is 6.47. The summed E-state index contributed by atoms with van der Waals surface area (Å²) in [6.07, 6.45) is 5.35. The van der Waals surface area contributed by atoms with Crippen LogP contribution in [-0.2, 0) is 0 Å². The van der Waals surface area contributed by atoms with Crippen LogP contribution in [0.25, 0.3) is 28.2 Å². The molecule has 32 heavy (non-hydrogen) atoms. The van der Waals surface area contributed by atoms with E-state index in [1.54, 1.807) is 18.5 Å². The van der Waals surface area contributed by atoms with Gasteiger partial charge in [0.25, 0.3) is 0 Å². The molecular formula is C24H22Cl2N6. The van der Waals surface area contributed by atoms with E-state index in [1.165, 1.54) is 5.69 Å². The first-order valence-electron chi connectivity index (χ1n) is 10.4. The number of anilines is 2. The third-order valence-electron chi connectivity index (χ3n) is 5.65. The minimum atomic E-state index is 0.401. The normalized spacial score (nSPS) is 14.0. The number of pyridine rings is 1. The fourth-order valence-corrected chi connectivity index (χ4v) is 4.38. The van der Waals surface area contributed by atoms with Gasteiger partial charge in [-0.25, -0.2) is 9.97 Å². The van der Waals surface area contributed by atoms with Crippen molar-refractivity contribution in [2.45, 2.75) is 0 Å². The van der Waals surface area contributed by atoms with Crippen LogP contribution in [0, 0.1) is 0 Å². The Kier molecular flexibility index (Phi) is 5.74. The Hall–Kier alpha value is -3.06. The number of hydrogen-bond acceptors (Lipinski definition) is 5. The molecule has 1 aliphatic heterocycles. The number of nitrogen functional groups attached to an aromatic ring is 1. The van der Waals surface area contributed by atoms with Crippen LogP contribution < -0.4 is 16.0 Å². The second-order valence-corrected chi connectivity index (χ2v) is 8.42. The van der Waals surface area contributed by atoms with Crippen molar-refractivity contribution in [3.05, 3.63) is 77.2 Å². The molecule has 1 aliphatic rings. The first-order chi connectivity index (χ1) is 15.6. The number of imidazole rings is 1. The standard InChI is InChI=1S/C24H22Cl2N6/c25-20-5-2-6-21(22(20)26)32-12-9-29-24(32)19-14-17(15-30-23(19)27)16-3-1-4-18(13-16)31-10-7-28-8-11-31/h1-6,9,12-15,28H,7-8,10-11H2,(H2,27,30). The molecule has 2 aromatic carbocycles. The summed E-state index contributed by atoms with van der Waals surface area (Å²) in [6, 6.07) is 16.0. The summed E-state index contributed by atoms with van der Waals surface area (Å²) >= 11 is 12.7. The fraction of sp³-hybridized carbons (Fsp3) is 0.167. The van der Waals surface area contributed by atoms with Crippen LogP contribution in [0.3, 0.4) is 0 Å². The summed E-state index contributed by atoms with van der Waals surface area (Å²) in [5.41, 5.74) is 11.0. The molecule has 0 saturated carbocycles. The number of nitrogens with one attached hydrogen (secondary N) is 1. The van der Waals surface area contributed by atoms with Gasteiger partial charge in [0.05, 0.1) is 21.3 Å². The Morgan fingerprint density at radius 2 is 1.75 bits per heavy atom. The van der Waals surface area contributed by atoms with E-state index in [1.807, 2.05) is 29.0 Å². The Morgan fingerprint density at radius 1 is 0.938 bits per heavy atom. The maximum Gasteiger partial charge on any atom is 0.148 e. The largest absolute Gasteiger partial charge is 0.383 e. The van der Waals surface area contributed by atoms with Gasteiger partial charge in [-0.2, -0.15) is 0 Å².